The van der Waals surface area contributed by atoms with Gasteiger partial charge in [0.2, 0.25) is 11.8 Å². The predicted molar refractivity (Wildman–Crippen MR) is 116 cm³/mol. The fourth-order valence-corrected chi connectivity index (χ4v) is 4.69. The van der Waals surface area contributed by atoms with E-state index < -0.39 is 11.8 Å². The van der Waals surface area contributed by atoms with Gasteiger partial charge >= 0.3 is 0 Å². The first-order chi connectivity index (χ1) is 13.6. The lowest BCUT2D eigenvalue weighted by atomic mass is 9.83. The summed E-state index contributed by atoms with van der Waals surface area (Å²) >= 11 is 0. The molecule has 0 radical (unpaired) electrons. The fourth-order valence-electron chi connectivity index (χ4n) is 4.69. The number of rotatable bonds is 3. The van der Waals surface area contributed by atoms with Crippen LogP contribution < -0.4 is 5.32 Å². The number of nitrogens with zero attached hydrogens (tertiary/aromatic N) is 1. The zero-order chi connectivity index (χ0) is 19.4. The molecule has 0 spiro atoms. The zero-order valence-electron chi connectivity index (χ0n) is 15.8. The van der Waals surface area contributed by atoms with Gasteiger partial charge < -0.3 is 9.55 Å². The third kappa shape index (κ3) is 2.26. The van der Waals surface area contributed by atoms with E-state index in [2.05, 4.69) is 27.9 Å². The topological polar surface area (TPSA) is 66.9 Å². The minimum Gasteiger partial charge on any atom is -0.361 e. The lowest BCUT2D eigenvalue weighted by molar-refractivity contribution is -0.125. The number of hydrogen-bond donors (Lipinski definition) is 2. The van der Waals surface area contributed by atoms with Crippen LogP contribution in [0.3, 0.4) is 0 Å². The molecule has 5 nitrogen and oxygen atoms in total. The van der Waals surface area contributed by atoms with Crippen LogP contribution in [0.1, 0.15) is 39.7 Å². The molecule has 1 saturated heterocycles. The molecule has 1 aliphatic rings. The van der Waals surface area contributed by atoms with Crippen LogP contribution in [0, 0.1) is 0 Å². The largest absolute Gasteiger partial charge is 0.361 e. The maximum absolute atomic E-state index is 12.9. The van der Waals surface area contributed by atoms with Crippen molar-refractivity contribution in [2.24, 2.45) is 7.05 Å². The fraction of sp³-hybridized carbons (Fsp3) is 0.217. The van der Waals surface area contributed by atoms with Crippen LogP contribution in [0.2, 0.25) is 0 Å². The second-order valence-corrected chi connectivity index (χ2v) is 7.46. The molecule has 28 heavy (non-hydrogen) atoms. The van der Waals surface area contributed by atoms with Crippen molar-refractivity contribution in [3.8, 4) is 0 Å². The molecule has 2 amide bonds. The van der Waals surface area contributed by atoms with Crippen LogP contribution in [0.25, 0.3) is 21.8 Å². The number of fused-ring (bicyclic) bond motifs is 2. The highest BCUT2D eigenvalue weighted by molar-refractivity contribution is 6.13. The third-order valence-corrected chi connectivity index (χ3v) is 5.93. The summed E-state index contributed by atoms with van der Waals surface area (Å²) in [7, 11) is 2.00. The number of carbonyl (C=O) groups is 2. The SMILES string of the molecule is CCc1cccc2c([C@@H]3C(=O)NC(=O)C3c3c[nH]c4ccccc34)cn(C)c12.[HH].[HH].[HH]. The summed E-state index contributed by atoms with van der Waals surface area (Å²) in [5.41, 5.74) is 5.11. The molecule has 3 heterocycles. The Balaban J connectivity index is 0.00000114. The van der Waals surface area contributed by atoms with E-state index in [4.69, 9.17) is 0 Å². The van der Waals surface area contributed by atoms with E-state index >= 15 is 0 Å². The standard InChI is InChI=1S/C23H21N3O2.3H2/c1-3-13-7-6-9-15-17(12-26(2)21(13)15)20-19(22(27)25-23(20)28)16-11-24-18-10-5-4-8-14(16)18;;;/h4-12,19-20,24H,3H2,1-2H3,(H,25,27,28);3*1H/t19?,20-;;;/m0.../s1. The number of nitrogens with one attached hydrogen (secondary N) is 2. The van der Waals surface area contributed by atoms with Gasteiger partial charge in [-0.05, 0) is 29.2 Å². The van der Waals surface area contributed by atoms with E-state index in [-0.39, 0.29) is 16.1 Å². The Bertz CT molecular complexity index is 1260. The number of para-hydroxylation sites is 2. The highest BCUT2D eigenvalue weighted by atomic mass is 16.2. The van der Waals surface area contributed by atoms with Gasteiger partial charge in [-0.2, -0.15) is 0 Å². The highest BCUT2D eigenvalue weighted by Crippen LogP contribution is 2.43. The first kappa shape index (κ1) is 16.8. The van der Waals surface area contributed by atoms with Gasteiger partial charge in [-0.25, -0.2) is 0 Å². The molecule has 2 aromatic heterocycles. The van der Waals surface area contributed by atoms with Gasteiger partial charge in [0.05, 0.1) is 17.4 Å². The third-order valence-electron chi connectivity index (χ3n) is 5.93. The van der Waals surface area contributed by atoms with E-state index in [1.54, 1.807) is 0 Å². The number of H-pyrrole nitrogens is 1. The van der Waals surface area contributed by atoms with E-state index in [9.17, 15) is 9.59 Å². The number of hydrogen-bond acceptors (Lipinski definition) is 2. The Morgan fingerprint density at radius 3 is 2.46 bits per heavy atom. The number of imide groups is 1. The molecule has 1 unspecified atom stereocenters. The van der Waals surface area contributed by atoms with Crippen LogP contribution in [0.5, 0.6) is 0 Å². The first-order valence-corrected chi connectivity index (χ1v) is 9.57. The van der Waals surface area contributed by atoms with Gasteiger partial charge in [-0.3, -0.25) is 14.9 Å². The van der Waals surface area contributed by atoms with Crippen molar-refractivity contribution in [3.05, 3.63) is 71.5 Å². The molecular formula is C23H27N3O2. The van der Waals surface area contributed by atoms with Crippen molar-refractivity contribution in [2.75, 3.05) is 0 Å². The second-order valence-electron chi connectivity index (χ2n) is 7.46. The number of carbonyl (C=O) groups excluding carboxylic acids is 2. The summed E-state index contributed by atoms with van der Waals surface area (Å²) in [6.45, 7) is 2.13. The number of benzene rings is 2. The molecule has 5 rings (SSSR count). The van der Waals surface area contributed by atoms with Gasteiger partial charge in [0, 0.05) is 40.0 Å². The van der Waals surface area contributed by atoms with Crippen LogP contribution >= 0.6 is 0 Å². The molecule has 5 heteroatoms. The summed E-state index contributed by atoms with van der Waals surface area (Å²) < 4.78 is 2.08. The van der Waals surface area contributed by atoms with Crippen LogP contribution in [-0.2, 0) is 23.1 Å². The van der Waals surface area contributed by atoms with Crippen molar-refractivity contribution in [2.45, 2.75) is 25.2 Å². The molecule has 146 valence electrons. The van der Waals surface area contributed by atoms with E-state index in [0.29, 0.717) is 0 Å². The van der Waals surface area contributed by atoms with Crippen LogP contribution in [-0.4, -0.2) is 21.4 Å². The summed E-state index contributed by atoms with van der Waals surface area (Å²) in [5, 5.41) is 4.60. The molecule has 2 N–H and O–H groups in total. The van der Waals surface area contributed by atoms with Crippen molar-refractivity contribution < 1.29 is 13.9 Å². The van der Waals surface area contributed by atoms with Gasteiger partial charge in [0.1, 0.15) is 0 Å². The van der Waals surface area contributed by atoms with E-state index in [0.717, 1.165) is 39.4 Å². The summed E-state index contributed by atoms with van der Waals surface area (Å²) in [6.07, 6.45) is 4.79. The predicted octanol–water partition coefficient (Wildman–Crippen LogP) is 4.48. The van der Waals surface area contributed by atoms with Crippen molar-refractivity contribution >= 4 is 33.6 Å². The average molecular weight is 377 g/mol. The van der Waals surface area contributed by atoms with Crippen molar-refractivity contribution in [1.82, 2.24) is 14.9 Å². The van der Waals surface area contributed by atoms with E-state index in [1.807, 2.05) is 55.8 Å². The number of aromatic amines is 1. The Morgan fingerprint density at radius 2 is 1.68 bits per heavy atom. The highest BCUT2D eigenvalue weighted by Gasteiger charge is 2.45. The number of amides is 2. The zero-order valence-corrected chi connectivity index (χ0v) is 15.8. The Kier molecular flexibility index (Phi) is 3.66. The number of aryl methyl sites for hydroxylation is 2. The normalized spacial score (nSPS) is 19.6. The average Bonchev–Trinajstić information content (AvgIpc) is 3.35. The maximum atomic E-state index is 12.9. The first-order valence-electron chi connectivity index (χ1n) is 9.57. The molecule has 1 fully saturated rings. The van der Waals surface area contributed by atoms with Crippen molar-refractivity contribution in [1.29, 1.82) is 0 Å². The lowest BCUT2D eigenvalue weighted by Gasteiger charge is -2.15. The van der Waals surface area contributed by atoms with Gasteiger partial charge in [0.15, 0.2) is 0 Å². The maximum Gasteiger partial charge on any atom is 0.235 e. The Labute approximate surface area is 166 Å². The van der Waals surface area contributed by atoms with E-state index in [1.165, 1.54) is 5.56 Å². The summed E-state index contributed by atoms with van der Waals surface area (Å²) in [5.74, 6) is -1.54. The van der Waals surface area contributed by atoms with Crippen molar-refractivity contribution in [3.63, 3.8) is 0 Å². The molecule has 4 aromatic rings. The van der Waals surface area contributed by atoms with Gasteiger partial charge in [0.25, 0.3) is 0 Å². The van der Waals surface area contributed by atoms with Gasteiger partial charge in [-0.15, -0.1) is 0 Å². The monoisotopic (exact) mass is 377 g/mol. The Morgan fingerprint density at radius 1 is 0.964 bits per heavy atom. The Hall–Kier alpha value is -3.34. The molecule has 2 aromatic carbocycles. The summed E-state index contributed by atoms with van der Waals surface area (Å²) in [4.78, 5) is 28.9. The van der Waals surface area contributed by atoms with Gasteiger partial charge in [-0.1, -0.05) is 43.3 Å². The molecule has 0 saturated carbocycles. The number of aromatic nitrogens is 2. The molecule has 2 atom stereocenters. The molecular weight excluding hydrogens is 350 g/mol. The smallest absolute Gasteiger partial charge is 0.235 e. The minimum atomic E-state index is -0.542. The lowest BCUT2D eigenvalue weighted by Crippen LogP contribution is -2.21. The minimum absolute atomic E-state index is 0. The summed E-state index contributed by atoms with van der Waals surface area (Å²) in [6, 6.07) is 14.1. The van der Waals surface area contributed by atoms with Crippen LogP contribution in [0.15, 0.2) is 54.9 Å². The molecule has 1 aliphatic heterocycles. The molecule has 0 aliphatic carbocycles. The molecule has 0 bridgehead atoms. The second kappa shape index (κ2) is 6.09. The van der Waals surface area contributed by atoms with Crippen LogP contribution in [0.4, 0.5) is 0 Å². The quantitative estimate of drug-likeness (QED) is 0.517.